The fourth-order valence-electron chi connectivity index (χ4n) is 1.90. The van der Waals surface area contributed by atoms with Crippen molar-refractivity contribution in [2.24, 2.45) is 0 Å². The van der Waals surface area contributed by atoms with E-state index in [0.717, 1.165) is 5.69 Å². The first-order valence-electron chi connectivity index (χ1n) is 7.29. The molecule has 0 unspecified atom stereocenters. The number of para-hydroxylation sites is 1. The van der Waals surface area contributed by atoms with Gasteiger partial charge in [-0.2, -0.15) is 0 Å². The first-order valence-corrected chi connectivity index (χ1v) is 7.67. The van der Waals surface area contributed by atoms with E-state index in [0.29, 0.717) is 30.3 Å². The molecule has 0 aliphatic heterocycles. The monoisotopic (exact) mass is 335 g/mol. The molecule has 7 heteroatoms. The van der Waals surface area contributed by atoms with E-state index < -0.39 is 0 Å². The highest BCUT2D eigenvalue weighted by atomic mass is 35.5. The number of hydrogen-bond acceptors (Lipinski definition) is 4. The first-order chi connectivity index (χ1) is 11.1. The summed E-state index contributed by atoms with van der Waals surface area (Å²) < 4.78 is 6.78. The highest BCUT2D eigenvalue weighted by molar-refractivity contribution is 6.32. The SMILES string of the molecule is CCc1cc(=O)n(CCNC(=O)COc2ccccc2Cl)cn1. The van der Waals surface area contributed by atoms with E-state index in [1.807, 2.05) is 6.92 Å². The Morgan fingerprint density at radius 1 is 1.39 bits per heavy atom. The number of benzene rings is 1. The third-order valence-corrected chi connectivity index (χ3v) is 3.48. The number of amides is 1. The maximum atomic E-state index is 11.8. The van der Waals surface area contributed by atoms with Crippen LogP contribution in [0.1, 0.15) is 12.6 Å². The summed E-state index contributed by atoms with van der Waals surface area (Å²) in [5.74, 6) is 0.177. The van der Waals surface area contributed by atoms with Crippen LogP contribution in [-0.2, 0) is 17.8 Å². The summed E-state index contributed by atoms with van der Waals surface area (Å²) in [6, 6.07) is 8.44. The zero-order chi connectivity index (χ0) is 16.7. The average Bonchev–Trinajstić information content (AvgIpc) is 2.55. The fraction of sp³-hybridized carbons (Fsp3) is 0.312. The van der Waals surface area contributed by atoms with E-state index in [1.54, 1.807) is 24.3 Å². The molecule has 0 saturated carbocycles. The Morgan fingerprint density at radius 2 is 2.17 bits per heavy atom. The predicted octanol–water partition coefficient (Wildman–Crippen LogP) is 1.65. The highest BCUT2D eigenvalue weighted by Crippen LogP contribution is 2.22. The number of carbonyl (C=O) groups is 1. The van der Waals surface area contributed by atoms with Crippen LogP contribution >= 0.6 is 11.6 Å². The van der Waals surface area contributed by atoms with Crippen LogP contribution in [0.2, 0.25) is 5.02 Å². The summed E-state index contributed by atoms with van der Waals surface area (Å²) in [5, 5.41) is 3.13. The lowest BCUT2D eigenvalue weighted by Crippen LogP contribution is -2.33. The van der Waals surface area contributed by atoms with Crippen LogP contribution in [0, 0.1) is 0 Å². The van der Waals surface area contributed by atoms with E-state index in [1.165, 1.54) is 17.0 Å². The van der Waals surface area contributed by atoms with Crippen molar-refractivity contribution >= 4 is 17.5 Å². The maximum absolute atomic E-state index is 11.8. The van der Waals surface area contributed by atoms with Crippen LogP contribution in [0.15, 0.2) is 41.5 Å². The van der Waals surface area contributed by atoms with Crippen molar-refractivity contribution in [2.75, 3.05) is 13.2 Å². The number of ether oxygens (including phenoxy) is 1. The number of aromatic nitrogens is 2. The van der Waals surface area contributed by atoms with E-state index in [9.17, 15) is 9.59 Å². The average molecular weight is 336 g/mol. The van der Waals surface area contributed by atoms with Crippen molar-refractivity contribution in [1.82, 2.24) is 14.9 Å². The second-order valence-electron chi connectivity index (χ2n) is 4.83. The number of carbonyl (C=O) groups excluding carboxylic acids is 1. The standard InChI is InChI=1S/C16H18ClN3O3/c1-2-12-9-16(22)20(11-19-12)8-7-18-15(21)10-23-14-6-4-3-5-13(14)17/h3-6,9,11H,2,7-8,10H2,1H3,(H,18,21). The molecule has 2 rings (SSSR count). The Bertz CT molecular complexity index is 731. The maximum Gasteiger partial charge on any atom is 0.258 e. The molecule has 122 valence electrons. The third-order valence-electron chi connectivity index (χ3n) is 3.17. The molecule has 0 radical (unpaired) electrons. The van der Waals surface area contributed by atoms with E-state index in [2.05, 4.69) is 10.3 Å². The second-order valence-corrected chi connectivity index (χ2v) is 5.24. The largest absolute Gasteiger partial charge is 0.482 e. The van der Waals surface area contributed by atoms with E-state index >= 15 is 0 Å². The molecule has 2 aromatic rings. The van der Waals surface area contributed by atoms with E-state index in [4.69, 9.17) is 16.3 Å². The van der Waals surface area contributed by atoms with Crippen LogP contribution in [0.3, 0.4) is 0 Å². The van der Waals surface area contributed by atoms with Gasteiger partial charge in [-0.15, -0.1) is 0 Å². The number of nitrogens with one attached hydrogen (secondary N) is 1. The van der Waals surface area contributed by atoms with Crippen molar-refractivity contribution in [3.05, 3.63) is 57.7 Å². The third kappa shape index (κ3) is 5.10. The molecule has 0 saturated heterocycles. The smallest absolute Gasteiger partial charge is 0.258 e. The Hall–Kier alpha value is -2.34. The Kier molecular flexibility index (Phi) is 6.17. The van der Waals surface area contributed by atoms with Gasteiger partial charge in [0.2, 0.25) is 0 Å². The Morgan fingerprint density at radius 3 is 2.87 bits per heavy atom. The molecule has 0 aliphatic carbocycles. The minimum Gasteiger partial charge on any atom is -0.482 e. The predicted molar refractivity (Wildman–Crippen MR) is 87.8 cm³/mol. The van der Waals surface area contributed by atoms with Crippen LogP contribution < -0.4 is 15.6 Å². The normalized spacial score (nSPS) is 10.3. The van der Waals surface area contributed by atoms with Gasteiger partial charge < -0.3 is 10.1 Å². The van der Waals surface area contributed by atoms with Gasteiger partial charge in [0.05, 0.1) is 11.3 Å². The molecule has 23 heavy (non-hydrogen) atoms. The van der Waals surface area contributed by atoms with E-state index in [-0.39, 0.29) is 18.1 Å². The summed E-state index contributed by atoms with van der Waals surface area (Å²) in [6.07, 6.45) is 2.21. The lowest BCUT2D eigenvalue weighted by molar-refractivity contribution is -0.123. The quantitative estimate of drug-likeness (QED) is 0.835. The van der Waals surface area contributed by atoms with Gasteiger partial charge in [-0.1, -0.05) is 30.7 Å². The van der Waals surface area contributed by atoms with Crippen LogP contribution in [0.5, 0.6) is 5.75 Å². The van der Waals surface area contributed by atoms with Gasteiger partial charge in [-0.3, -0.25) is 14.2 Å². The Labute approximate surface area is 139 Å². The summed E-state index contributed by atoms with van der Waals surface area (Å²) in [5.41, 5.74) is 0.627. The first kappa shape index (κ1) is 17.0. The second kappa shape index (κ2) is 8.33. The topological polar surface area (TPSA) is 73.2 Å². The molecule has 0 spiro atoms. The van der Waals surface area contributed by atoms with Gasteiger partial charge in [-0.25, -0.2) is 4.98 Å². The van der Waals surface area contributed by atoms with Gasteiger partial charge in [0.15, 0.2) is 6.61 Å². The number of hydrogen-bond donors (Lipinski definition) is 1. The Balaban J connectivity index is 1.77. The highest BCUT2D eigenvalue weighted by Gasteiger charge is 2.05. The van der Waals surface area contributed by atoms with Crippen molar-refractivity contribution in [2.45, 2.75) is 19.9 Å². The summed E-state index contributed by atoms with van der Waals surface area (Å²) >= 11 is 5.93. The molecule has 0 fully saturated rings. The molecule has 1 aromatic carbocycles. The molecular weight excluding hydrogens is 318 g/mol. The summed E-state index contributed by atoms with van der Waals surface area (Å²) in [4.78, 5) is 27.7. The molecule has 1 N–H and O–H groups in total. The van der Waals surface area contributed by atoms with Gasteiger partial charge in [0.25, 0.3) is 11.5 Å². The molecule has 0 bridgehead atoms. The van der Waals surface area contributed by atoms with Crippen molar-refractivity contribution in [3.8, 4) is 5.75 Å². The molecule has 0 aliphatic rings. The zero-order valence-corrected chi connectivity index (χ0v) is 13.5. The minimum atomic E-state index is -0.281. The number of rotatable bonds is 7. The molecule has 1 heterocycles. The van der Waals surface area contributed by atoms with Gasteiger partial charge in [0, 0.05) is 24.8 Å². The lowest BCUT2D eigenvalue weighted by Gasteiger charge is -2.09. The van der Waals surface area contributed by atoms with Crippen LogP contribution in [0.25, 0.3) is 0 Å². The molecule has 1 amide bonds. The molecule has 1 aromatic heterocycles. The van der Waals surface area contributed by atoms with Gasteiger partial charge in [0.1, 0.15) is 5.75 Å². The van der Waals surface area contributed by atoms with Crippen molar-refractivity contribution in [1.29, 1.82) is 0 Å². The van der Waals surface area contributed by atoms with Crippen LogP contribution in [0.4, 0.5) is 0 Å². The summed E-state index contributed by atoms with van der Waals surface area (Å²) in [6.45, 7) is 2.47. The molecular formula is C16H18ClN3O3. The summed E-state index contributed by atoms with van der Waals surface area (Å²) in [7, 11) is 0. The fourth-order valence-corrected chi connectivity index (χ4v) is 2.09. The number of halogens is 1. The van der Waals surface area contributed by atoms with Crippen molar-refractivity contribution < 1.29 is 9.53 Å². The lowest BCUT2D eigenvalue weighted by atomic mass is 10.3. The van der Waals surface area contributed by atoms with Gasteiger partial charge >= 0.3 is 0 Å². The molecule has 6 nitrogen and oxygen atoms in total. The van der Waals surface area contributed by atoms with Crippen molar-refractivity contribution in [3.63, 3.8) is 0 Å². The number of aryl methyl sites for hydroxylation is 1. The van der Waals surface area contributed by atoms with Crippen LogP contribution in [-0.4, -0.2) is 28.6 Å². The minimum absolute atomic E-state index is 0.126. The number of nitrogens with zero attached hydrogens (tertiary/aromatic N) is 2. The van der Waals surface area contributed by atoms with Gasteiger partial charge in [-0.05, 0) is 18.6 Å². The molecule has 0 atom stereocenters. The zero-order valence-electron chi connectivity index (χ0n) is 12.8.